The van der Waals surface area contributed by atoms with Crippen LogP contribution in [0.2, 0.25) is 5.02 Å². The number of rotatable bonds is 6. The Bertz CT molecular complexity index is 1110. The van der Waals surface area contributed by atoms with E-state index in [1.165, 1.54) is 6.92 Å². The molecule has 3 N–H and O–H groups in total. The second kappa shape index (κ2) is 8.57. The van der Waals surface area contributed by atoms with Crippen molar-refractivity contribution in [3.63, 3.8) is 0 Å². The number of anilines is 2. The number of carbonyl (C=O) groups is 1. The van der Waals surface area contributed by atoms with Gasteiger partial charge in [0.1, 0.15) is 5.75 Å². The van der Waals surface area contributed by atoms with E-state index in [4.69, 9.17) is 16.3 Å². The van der Waals surface area contributed by atoms with Crippen LogP contribution < -0.4 is 20.9 Å². The lowest BCUT2D eigenvalue weighted by Crippen LogP contribution is -2.19. The quantitative estimate of drug-likeness (QED) is 0.525. The first-order chi connectivity index (χ1) is 13.7. The van der Waals surface area contributed by atoms with E-state index in [0.29, 0.717) is 27.5 Å². The molecular formula is C22H24ClN3O3. The van der Waals surface area contributed by atoms with Crippen molar-refractivity contribution in [2.24, 2.45) is 0 Å². The highest BCUT2D eigenvalue weighted by Gasteiger charge is 2.14. The second-order valence-electron chi connectivity index (χ2n) is 7.22. The molecule has 6 nitrogen and oxygen atoms in total. The Morgan fingerprint density at radius 3 is 2.52 bits per heavy atom. The third-order valence-corrected chi connectivity index (χ3v) is 4.62. The minimum atomic E-state index is -0.263. The number of fused-ring (bicyclic) bond motifs is 1. The largest absolute Gasteiger partial charge is 0.489 e. The summed E-state index contributed by atoms with van der Waals surface area (Å²) in [6.45, 7) is 7.20. The van der Waals surface area contributed by atoms with Crippen molar-refractivity contribution in [1.29, 1.82) is 0 Å². The molecule has 0 fully saturated rings. The maximum atomic E-state index is 12.7. The maximum Gasteiger partial charge on any atom is 0.253 e. The average Bonchev–Trinajstić information content (AvgIpc) is 2.61. The van der Waals surface area contributed by atoms with E-state index >= 15 is 0 Å². The number of nitrogens with one attached hydrogen (secondary N) is 3. The molecule has 0 aliphatic carbocycles. The molecule has 1 atom stereocenters. The Morgan fingerprint density at radius 1 is 1.10 bits per heavy atom. The normalized spacial score (nSPS) is 12.1. The summed E-state index contributed by atoms with van der Waals surface area (Å²) in [6, 6.07) is 12.4. The van der Waals surface area contributed by atoms with Crippen LogP contribution >= 0.6 is 11.6 Å². The highest BCUT2D eigenvalue weighted by atomic mass is 35.5. The van der Waals surface area contributed by atoms with Gasteiger partial charge in [-0.2, -0.15) is 0 Å². The Morgan fingerprint density at radius 2 is 1.83 bits per heavy atom. The van der Waals surface area contributed by atoms with Gasteiger partial charge >= 0.3 is 0 Å². The summed E-state index contributed by atoms with van der Waals surface area (Å²) >= 11 is 6.34. The van der Waals surface area contributed by atoms with Gasteiger partial charge in [0.05, 0.1) is 22.7 Å². The van der Waals surface area contributed by atoms with Crippen LogP contribution in [0.1, 0.15) is 39.3 Å². The summed E-state index contributed by atoms with van der Waals surface area (Å²) in [5, 5.41) is 7.36. The number of pyridine rings is 1. The summed E-state index contributed by atoms with van der Waals surface area (Å²) in [5.74, 6) is 0.400. The van der Waals surface area contributed by atoms with Crippen LogP contribution in [0.15, 0.2) is 47.3 Å². The van der Waals surface area contributed by atoms with Crippen molar-refractivity contribution < 1.29 is 9.53 Å². The van der Waals surface area contributed by atoms with Gasteiger partial charge in [-0.3, -0.25) is 9.59 Å². The Labute approximate surface area is 174 Å². The first-order valence-corrected chi connectivity index (χ1v) is 9.78. The zero-order valence-corrected chi connectivity index (χ0v) is 17.6. The monoisotopic (exact) mass is 413 g/mol. The molecule has 1 aromatic heterocycles. The van der Waals surface area contributed by atoms with Gasteiger partial charge in [0, 0.05) is 35.3 Å². The first kappa shape index (κ1) is 20.7. The molecule has 152 valence electrons. The van der Waals surface area contributed by atoms with Crippen LogP contribution in [-0.4, -0.2) is 17.0 Å². The van der Waals surface area contributed by atoms with E-state index < -0.39 is 0 Å². The van der Waals surface area contributed by atoms with E-state index in [9.17, 15) is 9.59 Å². The van der Waals surface area contributed by atoms with Crippen LogP contribution in [0.4, 0.5) is 11.4 Å². The van der Waals surface area contributed by atoms with E-state index in [0.717, 1.165) is 11.1 Å². The number of ether oxygens (including phenoxy) is 1. The Balaban J connectivity index is 1.90. The lowest BCUT2D eigenvalue weighted by Gasteiger charge is -2.17. The lowest BCUT2D eigenvalue weighted by molar-refractivity contribution is -0.114. The lowest BCUT2D eigenvalue weighted by atomic mass is 10.1. The molecule has 1 heterocycles. The van der Waals surface area contributed by atoms with Crippen molar-refractivity contribution in [3.05, 3.63) is 63.4 Å². The zero-order chi connectivity index (χ0) is 21.1. The molecule has 1 amide bonds. The molecule has 29 heavy (non-hydrogen) atoms. The number of amides is 1. The number of halogens is 1. The van der Waals surface area contributed by atoms with E-state index in [1.807, 2.05) is 45.0 Å². The van der Waals surface area contributed by atoms with Crippen molar-refractivity contribution >= 4 is 39.8 Å². The molecule has 0 aliphatic rings. The second-order valence-corrected chi connectivity index (χ2v) is 7.63. The number of benzene rings is 2. The van der Waals surface area contributed by atoms with Crippen molar-refractivity contribution in [3.8, 4) is 5.75 Å². The van der Waals surface area contributed by atoms with Gasteiger partial charge < -0.3 is 20.4 Å². The summed E-state index contributed by atoms with van der Waals surface area (Å²) in [4.78, 5) is 26.8. The molecule has 0 spiro atoms. The van der Waals surface area contributed by atoms with Gasteiger partial charge in [0.15, 0.2) is 0 Å². The Kier molecular flexibility index (Phi) is 6.13. The topological polar surface area (TPSA) is 83.2 Å². The third kappa shape index (κ3) is 5.09. The Hall–Kier alpha value is -2.99. The van der Waals surface area contributed by atoms with Gasteiger partial charge in [-0.15, -0.1) is 0 Å². The van der Waals surface area contributed by atoms with Crippen molar-refractivity contribution in [2.75, 3.05) is 10.6 Å². The third-order valence-electron chi connectivity index (χ3n) is 4.32. The predicted octanol–water partition coefficient (Wildman–Crippen LogP) is 5.10. The number of hydrogen-bond donors (Lipinski definition) is 3. The number of aromatic amines is 1. The number of aromatic nitrogens is 1. The van der Waals surface area contributed by atoms with Crippen molar-refractivity contribution in [1.82, 2.24) is 4.98 Å². The van der Waals surface area contributed by atoms with Crippen LogP contribution in [0, 0.1) is 0 Å². The molecule has 0 aliphatic heterocycles. The standard InChI is InChI=1S/C22H24ClN3O3/c1-12(2)29-21-11-20-15(9-19(21)23)8-18(22(28)26-20)13(3)24-16-6-5-7-17(10-16)25-14(4)27/h5-13,24H,1-4H3,(H,25,27)(H,26,28). The molecule has 3 rings (SSSR count). The molecule has 2 aromatic carbocycles. The smallest absolute Gasteiger partial charge is 0.253 e. The highest BCUT2D eigenvalue weighted by molar-refractivity contribution is 6.32. The fourth-order valence-corrected chi connectivity index (χ4v) is 3.32. The minimum absolute atomic E-state index is 0.0200. The fourth-order valence-electron chi connectivity index (χ4n) is 3.11. The molecule has 3 aromatic rings. The van der Waals surface area contributed by atoms with Gasteiger partial charge in [0.25, 0.3) is 5.56 Å². The summed E-state index contributed by atoms with van der Waals surface area (Å²) in [5.41, 5.74) is 2.54. The maximum absolute atomic E-state index is 12.7. The van der Waals surface area contributed by atoms with Gasteiger partial charge in [0.2, 0.25) is 5.91 Å². The summed E-state index contributed by atoms with van der Waals surface area (Å²) < 4.78 is 5.69. The van der Waals surface area contributed by atoms with E-state index in [2.05, 4.69) is 15.6 Å². The van der Waals surface area contributed by atoms with Gasteiger partial charge in [-0.05, 0) is 51.1 Å². The molecular weight excluding hydrogens is 390 g/mol. The molecule has 7 heteroatoms. The number of hydrogen-bond acceptors (Lipinski definition) is 4. The highest BCUT2D eigenvalue weighted by Crippen LogP contribution is 2.31. The SMILES string of the molecule is CC(=O)Nc1cccc(NC(C)c2cc3cc(Cl)c(OC(C)C)cc3[nH]c2=O)c1. The minimum Gasteiger partial charge on any atom is -0.489 e. The molecule has 0 radical (unpaired) electrons. The molecule has 0 bridgehead atoms. The van der Waals surface area contributed by atoms with Gasteiger partial charge in [-0.1, -0.05) is 17.7 Å². The number of carbonyl (C=O) groups excluding carboxylic acids is 1. The van der Waals surface area contributed by atoms with Crippen molar-refractivity contribution in [2.45, 2.75) is 39.8 Å². The molecule has 0 saturated carbocycles. The average molecular weight is 414 g/mol. The fraction of sp³-hybridized carbons (Fsp3) is 0.273. The summed E-state index contributed by atoms with van der Waals surface area (Å²) in [7, 11) is 0. The number of H-pyrrole nitrogens is 1. The van der Waals surface area contributed by atoms with Crippen LogP contribution in [0.3, 0.4) is 0 Å². The first-order valence-electron chi connectivity index (χ1n) is 9.40. The van der Waals surface area contributed by atoms with E-state index in [1.54, 1.807) is 18.2 Å². The predicted molar refractivity (Wildman–Crippen MR) is 118 cm³/mol. The van der Waals surface area contributed by atoms with Crippen LogP contribution in [0.25, 0.3) is 10.9 Å². The van der Waals surface area contributed by atoms with Crippen LogP contribution in [0.5, 0.6) is 5.75 Å². The van der Waals surface area contributed by atoms with Crippen LogP contribution in [-0.2, 0) is 4.79 Å². The molecule has 0 saturated heterocycles. The summed E-state index contributed by atoms with van der Waals surface area (Å²) in [6.07, 6.45) is -0.0200. The van der Waals surface area contributed by atoms with E-state index in [-0.39, 0.29) is 23.6 Å². The zero-order valence-electron chi connectivity index (χ0n) is 16.8. The van der Waals surface area contributed by atoms with Gasteiger partial charge in [-0.25, -0.2) is 0 Å². The molecule has 1 unspecified atom stereocenters.